The predicted octanol–water partition coefficient (Wildman–Crippen LogP) is 3.35. The molecule has 146 valence electrons. The van der Waals surface area contributed by atoms with Crippen LogP contribution < -0.4 is 4.74 Å². The Bertz CT molecular complexity index is 988. The normalized spacial score (nSPS) is 27.2. The number of fused-ring (bicyclic) bond motifs is 3. The quantitative estimate of drug-likeness (QED) is 0.728. The molecule has 8 heteroatoms. The van der Waals surface area contributed by atoms with E-state index in [2.05, 4.69) is 34.1 Å². The highest BCUT2D eigenvalue weighted by Gasteiger charge is 2.47. The van der Waals surface area contributed by atoms with E-state index in [0.29, 0.717) is 21.7 Å². The molecule has 2 aliphatic heterocycles. The Morgan fingerprint density at radius 3 is 2.93 bits per heavy atom. The molecular formula is C20H23N5O2S. The number of ether oxygens (including phenoxy) is 1. The molecule has 6 rings (SSSR count). The van der Waals surface area contributed by atoms with Crippen LogP contribution in [0.1, 0.15) is 26.2 Å². The molecule has 0 radical (unpaired) electrons. The van der Waals surface area contributed by atoms with Crippen LogP contribution in [0.25, 0.3) is 16.3 Å². The van der Waals surface area contributed by atoms with Crippen LogP contribution in [0.5, 0.6) is 10.9 Å². The van der Waals surface area contributed by atoms with Crippen molar-refractivity contribution in [2.24, 2.45) is 5.92 Å². The minimum Gasteiger partial charge on any atom is -0.507 e. The van der Waals surface area contributed by atoms with Crippen LogP contribution in [0.15, 0.2) is 36.9 Å². The average molecular weight is 398 g/mol. The average Bonchev–Trinajstić information content (AvgIpc) is 3.35. The Hall–Kier alpha value is -2.45. The molecule has 2 aromatic heterocycles. The summed E-state index contributed by atoms with van der Waals surface area (Å²) in [5, 5.41) is 20.2. The van der Waals surface area contributed by atoms with Crippen LogP contribution in [-0.4, -0.2) is 55.0 Å². The van der Waals surface area contributed by atoms with Gasteiger partial charge in [0.1, 0.15) is 11.9 Å². The molecule has 3 aromatic rings. The van der Waals surface area contributed by atoms with Crippen molar-refractivity contribution in [3.05, 3.63) is 36.9 Å². The van der Waals surface area contributed by atoms with Gasteiger partial charge in [-0.1, -0.05) is 16.4 Å². The van der Waals surface area contributed by atoms with Crippen molar-refractivity contribution < 1.29 is 9.84 Å². The number of nitrogens with zero attached hydrogens (tertiary/aromatic N) is 5. The first-order valence-corrected chi connectivity index (χ1v) is 10.4. The summed E-state index contributed by atoms with van der Waals surface area (Å²) in [7, 11) is 2.21. The second kappa shape index (κ2) is 6.56. The number of phenols is 1. The Balaban J connectivity index is 1.34. The van der Waals surface area contributed by atoms with Crippen molar-refractivity contribution in [1.82, 2.24) is 24.6 Å². The van der Waals surface area contributed by atoms with Crippen LogP contribution in [-0.2, 0) is 0 Å². The van der Waals surface area contributed by atoms with Crippen molar-refractivity contribution in [3.63, 3.8) is 0 Å². The van der Waals surface area contributed by atoms with Gasteiger partial charge >= 0.3 is 0 Å². The minimum absolute atomic E-state index is 0.166. The van der Waals surface area contributed by atoms with Gasteiger partial charge in [0.2, 0.25) is 0 Å². The van der Waals surface area contributed by atoms with E-state index in [4.69, 9.17) is 4.74 Å². The standard InChI is InChI=1S/C20H23N5O2S/c1-20-6-5-13(11-24(20)2)17(10-20)27-19-23-22-18(28-19)15-4-3-14(9-16(15)26)25-8-7-21-12-25/h3-4,7-9,12-13,17,26H,5-6,10-11H2,1-2H3/t13?,17-,20+/m0/s1. The summed E-state index contributed by atoms with van der Waals surface area (Å²) < 4.78 is 8.09. The van der Waals surface area contributed by atoms with E-state index in [0.717, 1.165) is 18.7 Å². The largest absolute Gasteiger partial charge is 0.507 e. The van der Waals surface area contributed by atoms with E-state index in [-0.39, 0.29) is 17.4 Å². The van der Waals surface area contributed by atoms with Crippen molar-refractivity contribution in [1.29, 1.82) is 0 Å². The van der Waals surface area contributed by atoms with Gasteiger partial charge < -0.3 is 19.3 Å². The number of phenolic OH excluding ortho intramolecular Hbond substituents is 1. The molecule has 0 spiro atoms. The lowest BCUT2D eigenvalue weighted by Gasteiger charge is -2.54. The molecule has 28 heavy (non-hydrogen) atoms. The lowest BCUT2D eigenvalue weighted by Crippen LogP contribution is -2.60. The van der Waals surface area contributed by atoms with Gasteiger partial charge in [-0.05, 0) is 38.9 Å². The molecule has 3 atom stereocenters. The Kier molecular flexibility index (Phi) is 4.13. The molecule has 3 fully saturated rings. The highest BCUT2D eigenvalue weighted by molar-refractivity contribution is 7.16. The van der Waals surface area contributed by atoms with Gasteiger partial charge in [-0.3, -0.25) is 0 Å². The molecule has 3 aliphatic rings. The number of imidazole rings is 1. The molecule has 1 unspecified atom stereocenters. The monoisotopic (exact) mass is 397 g/mol. The molecule has 2 bridgehead atoms. The van der Waals surface area contributed by atoms with Gasteiger partial charge in [0, 0.05) is 42.9 Å². The van der Waals surface area contributed by atoms with Crippen LogP contribution in [0.2, 0.25) is 0 Å². The molecule has 1 aliphatic carbocycles. The maximum atomic E-state index is 10.5. The van der Waals surface area contributed by atoms with Gasteiger partial charge in [0.15, 0.2) is 5.01 Å². The van der Waals surface area contributed by atoms with Gasteiger partial charge in [-0.2, -0.15) is 0 Å². The Labute approximate surface area is 167 Å². The first-order valence-electron chi connectivity index (χ1n) is 9.55. The smallest absolute Gasteiger partial charge is 0.294 e. The summed E-state index contributed by atoms with van der Waals surface area (Å²) in [4.78, 5) is 6.50. The second-order valence-electron chi connectivity index (χ2n) is 8.08. The SMILES string of the molecule is CN1CC2CC[C@]1(C)C[C@@H]2Oc1nnc(-c2ccc(-n3ccnc3)cc2O)s1. The van der Waals surface area contributed by atoms with Crippen LogP contribution in [0.4, 0.5) is 0 Å². The minimum atomic E-state index is 0.166. The molecule has 1 saturated carbocycles. The number of hydrogen-bond acceptors (Lipinski definition) is 7. The zero-order valence-electron chi connectivity index (χ0n) is 15.9. The number of piperidine rings is 2. The fraction of sp³-hybridized carbons (Fsp3) is 0.450. The zero-order chi connectivity index (χ0) is 19.3. The third-order valence-corrected chi connectivity index (χ3v) is 7.17. The van der Waals surface area contributed by atoms with Gasteiger partial charge in [-0.15, -0.1) is 5.10 Å². The number of benzene rings is 1. The van der Waals surface area contributed by atoms with Crippen LogP contribution >= 0.6 is 11.3 Å². The summed E-state index contributed by atoms with van der Waals surface area (Å²) in [5.74, 6) is 0.710. The van der Waals surface area contributed by atoms with Crippen molar-refractivity contribution in [2.75, 3.05) is 13.6 Å². The fourth-order valence-electron chi connectivity index (χ4n) is 4.42. The first-order chi connectivity index (χ1) is 13.5. The lowest BCUT2D eigenvalue weighted by atomic mass is 9.70. The van der Waals surface area contributed by atoms with Crippen LogP contribution in [0.3, 0.4) is 0 Å². The van der Waals surface area contributed by atoms with Gasteiger partial charge in [0.25, 0.3) is 5.19 Å². The van der Waals surface area contributed by atoms with E-state index >= 15 is 0 Å². The lowest BCUT2D eigenvalue weighted by molar-refractivity contribution is -0.0745. The third kappa shape index (κ3) is 2.97. The van der Waals surface area contributed by atoms with Crippen molar-refractivity contribution in [3.8, 4) is 27.2 Å². The maximum absolute atomic E-state index is 10.5. The molecule has 1 N–H and O–H groups in total. The highest BCUT2D eigenvalue weighted by Crippen LogP contribution is 2.44. The van der Waals surface area contributed by atoms with Gasteiger partial charge in [-0.25, -0.2) is 4.98 Å². The fourth-order valence-corrected chi connectivity index (χ4v) is 5.20. The maximum Gasteiger partial charge on any atom is 0.294 e. The Morgan fingerprint density at radius 1 is 1.32 bits per heavy atom. The predicted molar refractivity (Wildman–Crippen MR) is 107 cm³/mol. The molecular weight excluding hydrogens is 374 g/mol. The molecule has 2 saturated heterocycles. The molecule has 7 nitrogen and oxygen atoms in total. The third-order valence-electron chi connectivity index (χ3n) is 6.32. The van der Waals surface area contributed by atoms with Gasteiger partial charge in [0.05, 0.1) is 17.6 Å². The highest BCUT2D eigenvalue weighted by atomic mass is 32.1. The number of aromatic nitrogens is 4. The molecule has 1 aromatic carbocycles. The summed E-state index contributed by atoms with van der Waals surface area (Å²) in [6.45, 7) is 3.40. The van der Waals surface area contributed by atoms with Crippen molar-refractivity contribution >= 4 is 11.3 Å². The van der Waals surface area contributed by atoms with E-state index in [1.165, 1.54) is 24.2 Å². The number of rotatable bonds is 4. The zero-order valence-corrected chi connectivity index (χ0v) is 16.8. The Morgan fingerprint density at radius 2 is 2.21 bits per heavy atom. The molecule has 4 heterocycles. The first kappa shape index (κ1) is 17.6. The van der Waals surface area contributed by atoms with E-state index in [1.807, 2.05) is 22.9 Å². The van der Waals surface area contributed by atoms with E-state index in [9.17, 15) is 5.11 Å². The summed E-state index contributed by atoms with van der Waals surface area (Å²) >= 11 is 1.39. The van der Waals surface area contributed by atoms with E-state index < -0.39 is 0 Å². The van der Waals surface area contributed by atoms with Crippen LogP contribution in [0, 0.1) is 5.92 Å². The van der Waals surface area contributed by atoms with E-state index in [1.54, 1.807) is 18.6 Å². The summed E-state index contributed by atoms with van der Waals surface area (Å²) in [6.07, 6.45) is 8.87. The number of aromatic hydroxyl groups is 1. The second-order valence-corrected chi connectivity index (χ2v) is 9.02. The summed E-state index contributed by atoms with van der Waals surface area (Å²) in [5.41, 5.74) is 1.72. The number of hydrogen-bond donors (Lipinski definition) is 1. The summed E-state index contributed by atoms with van der Waals surface area (Å²) in [6, 6.07) is 5.48. The topological polar surface area (TPSA) is 76.3 Å². The van der Waals surface area contributed by atoms with Crippen molar-refractivity contribution in [2.45, 2.75) is 37.8 Å². The molecule has 0 amide bonds.